The Morgan fingerprint density at radius 1 is 1.29 bits per heavy atom. The van der Waals surface area contributed by atoms with Crippen molar-refractivity contribution in [3.63, 3.8) is 0 Å². The number of anilines is 1. The first-order valence-electron chi connectivity index (χ1n) is 6.60. The SMILES string of the molecule is Cc1ccc(N2CC(CNC3CCC3)C2)nn1. The molecule has 4 heteroatoms. The van der Waals surface area contributed by atoms with E-state index in [-0.39, 0.29) is 0 Å². The molecule has 1 N–H and O–H groups in total. The maximum Gasteiger partial charge on any atom is 0.151 e. The number of hydrogen-bond donors (Lipinski definition) is 1. The van der Waals surface area contributed by atoms with Gasteiger partial charge in [-0.3, -0.25) is 0 Å². The van der Waals surface area contributed by atoms with Gasteiger partial charge in [-0.25, -0.2) is 0 Å². The minimum absolute atomic E-state index is 0.790. The molecule has 0 spiro atoms. The quantitative estimate of drug-likeness (QED) is 0.851. The van der Waals surface area contributed by atoms with Crippen molar-refractivity contribution in [3.05, 3.63) is 17.8 Å². The molecule has 4 nitrogen and oxygen atoms in total. The number of nitrogens with zero attached hydrogens (tertiary/aromatic N) is 3. The Morgan fingerprint density at radius 3 is 2.71 bits per heavy atom. The molecule has 1 aromatic heterocycles. The zero-order valence-electron chi connectivity index (χ0n) is 10.4. The van der Waals surface area contributed by atoms with Crippen LogP contribution in [0, 0.1) is 12.8 Å². The van der Waals surface area contributed by atoms with Crippen molar-refractivity contribution in [1.29, 1.82) is 0 Å². The van der Waals surface area contributed by atoms with Crippen LogP contribution in [-0.4, -0.2) is 35.9 Å². The molecular formula is C13H20N4. The fraction of sp³-hybridized carbons (Fsp3) is 0.692. The second-order valence-corrected chi connectivity index (χ2v) is 5.34. The zero-order chi connectivity index (χ0) is 11.7. The lowest BCUT2D eigenvalue weighted by Gasteiger charge is -2.41. The highest BCUT2D eigenvalue weighted by Crippen LogP contribution is 2.23. The summed E-state index contributed by atoms with van der Waals surface area (Å²) in [6, 6.07) is 4.91. The Hall–Kier alpha value is -1.16. The number of aromatic nitrogens is 2. The van der Waals surface area contributed by atoms with Gasteiger partial charge in [-0.05, 0) is 31.9 Å². The minimum atomic E-state index is 0.790. The lowest BCUT2D eigenvalue weighted by atomic mass is 9.91. The maximum absolute atomic E-state index is 4.21. The third kappa shape index (κ3) is 2.41. The molecule has 3 rings (SSSR count). The molecular weight excluding hydrogens is 212 g/mol. The average molecular weight is 232 g/mol. The Morgan fingerprint density at radius 2 is 2.12 bits per heavy atom. The monoisotopic (exact) mass is 232 g/mol. The summed E-state index contributed by atoms with van der Waals surface area (Å²) in [5.41, 5.74) is 0.984. The van der Waals surface area contributed by atoms with Crippen LogP contribution >= 0.6 is 0 Å². The van der Waals surface area contributed by atoms with Gasteiger partial charge in [-0.1, -0.05) is 6.42 Å². The molecule has 2 heterocycles. The summed E-state index contributed by atoms with van der Waals surface area (Å²) in [5, 5.41) is 11.9. The van der Waals surface area contributed by atoms with Gasteiger partial charge >= 0.3 is 0 Å². The fourth-order valence-corrected chi connectivity index (χ4v) is 2.39. The molecule has 17 heavy (non-hydrogen) atoms. The van der Waals surface area contributed by atoms with Crippen molar-refractivity contribution < 1.29 is 0 Å². The molecule has 2 fully saturated rings. The van der Waals surface area contributed by atoms with Gasteiger partial charge in [-0.2, -0.15) is 5.10 Å². The highest BCUT2D eigenvalue weighted by Gasteiger charge is 2.28. The highest BCUT2D eigenvalue weighted by atomic mass is 15.3. The summed E-state index contributed by atoms with van der Waals surface area (Å²) in [4.78, 5) is 2.31. The summed E-state index contributed by atoms with van der Waals surface area (Å²) >= 11 is 0. The predicted molar refractivity (Wildman–Crippen MR) is 68.1 cm³/mol. The van der Waals surface area contributed by atoms with Gasteiger partial charge < -0.3 is 10.2 Å². The predicted octanol–water partition coefficient (Wildman–Crippen LogP) is 1.36. The highest BCUT2D eigenvalue weighted by molar-refractivity contribution is 5.40. The molecule has 0 bridgehead atoms. The van der Waals surface area contributed by atoms with Crippen molar-refractivity contribution in [3.8, 4) is 0 Å². The molecule has 1 saturated heterocycles. The van der Waals surface area contributed by atoms with E-state index in [2.05, 4.69) is 26.5 Å². The van der Waals surface area contributed by atoms with E-state index in [0.29, 0.717) is 0 Å². The van der Waals surface area contributed by atoms with Crippen LogP contribution in [0.1, 0.15) is 25.0 Å². The van der Waals surface area contributed by atoms with E-state index in [0.717, 1.165) is 36.6 Å². The van der Waals surface area contributed by atoms with Crippen molar-refractivity contribution in [2.24, 2.45) is 5.92 Å². The molecule has 0 amide bonds. The molecule has 1 aliphatic carbocycles. The molecule has 92 valence electrons. The molecule has 0 unspecified atom stereocenters. The minimum Gasteiger partial charge on any atom is -0.354 e. The third-order valence-electron chi connectivity index (χ3n) is 3.87. The van der Waals surface area contributed by atoms with Gasteiger partial charge in [0, 0.05) is 31.6 Å². The van der Waals surface area contributed by atoms with Crippen molar-refractivity contribution >= 4 is 5.82 Å². The lowest BCUT2D eigenvalue weighted by Crippen LogP contribution is -2.53. The van der Waals surface area contributed by atoms with Crippen LogP contribution < -0.4 is 10.2 Å². The summed E-state index contributed by atoms with van der Waals surface area (Å²) in [6.45, 7) is 5.38. The first-order chi connectivity index (χ1) is 8.31. The normalized spacial score (nSPS) is 21.1. The second kappa shape index (κ2) is 4.61. The molecule has 1 saturated carbocycles. The number of nitrogens with one attached hydrogen (secondary N) is 1. The Bertz CT molecular complexity index is 366. The van der Waals surface area contributed by atoms with Gasteiger partial charge in [0.15, 0.2) is 5.82 Å². The van der Waals surface area contributed by atoms with Gasteiger partial charge in [-0.15, -0.1) is 5.10 Å². The van der Waals surface area contributed by atoms with Crippen LogP contribution in [0.3, 0.4) is 0 Å². The van der Waals surface area contributed by atoms with E-state index >= 15 is 0 Å². The van der Waals surface area contributed by atoms with Crippen molar-refractivity contribution in [1.82, 2.24) is 15.5 Å². The first kappa shape index (κ1) is 11.0. The van der Waals surface area contributed by atoms with Gasteiger partial charge in [0.05, 0.1) is 5.69 Å². The van der Waals surface area contributed by atoms with Crippen molar-refractivity contribution in [2.75, 3.05) is 24.5 Å². The fourth-order valence-electron chi connectivity index (χ4n) is 2.39. The molecule has 1 aromatic rings. The Balaban J connectivity index is 1.42. The summed E-state index contributed by atoms with van der Waals surface area (Å²) in [7, 11) is 0. The van der Waals surface area contributed by atoms with Crippen LogP contribution in [0.4, 0.5) is 5.82 Å². The molecule has 0 atom stereocenters. The summed E-state index contributed by atoms with van der Waals surface area (Å²) < 4.78 is 0. The summed E-state index contributed by atoms with van der Waals surface area (Å²) in [5.74, 6) is 1.81. The number of hydrogen-bond acceptors (Lipinski definition) is 4. The van der Waals surface area contributed by atoms with E-state index in [9.17, 15) is 0 Å². The smallest absolute Gasteiger partial charge is 0.151 e. The van der Waals surface area contributed by atoms with E-state index in [1.54, 1.807) is 0 Å². The van der Waals surface area contributed by atoms with Gasteiger partial charge in [0.1, 0.15) is 0 Å². The van der Waals surface area contributed by atoms with Crippen LogP contribution in [0.15, 0.2) is 12.1 Å². The van der Waals surface area contributed by atoms with Crippen LogP contribution in [0.25, 0.3) is 0 Å². The Labute approximate surface area is 102 Å². The van der Waals surface area contributed by atoms with E-state index in [4.69, 9.17) is 0 Å². The summed E-state index contributed by atoms with van der Waals surface area (Å²) in [6.07, 6.45) is 4.16. The number of aryl methyl sites for hydroxylation is 1. The van der Waals surface area contributed by atoms with Crippen LogP contribution in [0.5, 0.6) is 0 Å². The number of rotatable bonds is 4. The van der Waals surface area contributed by atoms with Crippen LogP contribution in [-0.2, 0) is 0 Å². The molecule has 0 radical (unpaired) electrons. The molecule has 1 aliphatic heterocycles. The van der Waals surface area contributed by atoms with E-state index in [1.807, 2.05) is 13.0 Å². The zero-order valence-corrected chi connectivity index (χ0v) is 10.4. The molecule has 0 aromatic carbocycles. The second-order valence-electron chi connectivity index (χ2n) is 5.34. The van der Waals surface area contributed by atoms with Crippen molar-refractivity contribution in [2.45, 2.75) is 32.2 Å². The Kier molecular flexibility index (Phi) is 2.97. The van der Waals surface area contributed by atoms with Gasteiger partial charge in [0.2, 0.25) is 0 Å². The maximum atomic E-state index is 4.21. The largest absolute Gasteiger partial charge is 0.354 e. The topological polar surface area (TPSA) is 41.0 Å². The van der Waals surface area contributed by atoms with E-state index in [1.165, 1.54) is 25.8 Å². The first-order valence-corrected chi connectivity index (χ1v) is 6.60. The lowest BCUT2D eigenvalue weighted by molar-refractivity contribution is 0.294. The van der Waals surface area contributed by atoms with Crippen LogP contribution in [0.2, 0.25) is 0 Å². The standard InChI is InChI=1S/C13H20N4/c1-10-5-6-13(16-15-10)17-8-11(9-17)7-14-12-3-2-4-12/h5-6,11-12,14H,2-4,7-9H2,1H3. The van der Waals surface area contributed by atoms with Gasteiger partial charge in [0.25, 0.3) is 0 Å². The third-order valence-corrected chi connectivity index (χ3v) is 3.87. The van der Waals surface area contributed by atoms with E-state index < -0.39 is 0 Å². The average Bonchev–Trinajstić information content (AvgIpc) is 2.21. The molecule has 2 aliphatic rings.